The quantitative estimate of drug-likeness (QED) is 0.156. The number of hydrogen-bond acceptors (Lipinski definition) is 1. The summed E-state index contributed by atoms with van der Waals surface area (Å²) in [7, 11) is 0. The molecule has 0 unspecified atom stereocenters. The molecule has 0 fully saturated rings. The number of benzene rings is 10. The highest BCUT2D eigenvalue weighted by Crippen LogP contribution is 2.51. The minimum Gasteiger partial charge on any atom is -0.310 e. The van der Waals surface area contributed by atoms with Crippen molar-refractivity contribution in [2.75, 3.05) is 4.90 Å². The second kappa shape index (κ2) is 14.8. The van der Waals surface area contributed by atoms with Crippen molar-refractivity contribution in [2.45, 2.75) is 19.3 Å². The molecular weight excluding hydrogens is 799 g/mol. The van der Waals surface area contributed by atoms with Crippen molar-refractivity contribution < 1.29 is 0 Å². The first-order chi connectivity index (χ1) is 32.5. The number of rotatable bonds is 7. The van der Waals surface area contributed by atoms with E-state index in [0.717, 1.165) is 22.7 Å². The van der Waals surface area contributed by atoms with Crippen LogP contribution in [0.4, 0.5) is 17.1 Å². The van der Waals surface area contributed by atoms with E-state index in [1.807, 2.05) is 0 Å². The maximum Gasteiger partial charge on any atom is 0.0541 e. The van der Waals surface area contributed by atoms with Gasteiger partial charge in [0.25, 0.3) is 0 Å². The molecular formula is C63H45N3. The van der Waals surface area contributed by atoms with Crippen LogP contribution in [0.5, 0.6) is 0 Å². The average Bonchev–Trinajstić information content (AvgIpc) is 3.97. The van der Waals surface area contributed by atoms with Crippen LogP contribution in [0.2, 0.25) is 0 Å². The third-order valence-electron chi connectivity index (χ3n) is 14.1. The minimum atomic E-state index is -0.0883. The van der Waals surface area contributed by atoms with Gasteiger partial charge in [0.2, 0.25) is 0 Å². The molecule has 12 aromatic rings. The Morgan fingerprint density at radius 1 is 0.303 bits per heavy atom. The van der Waals surface area contributed by atoms with E-state index in [1.165, 1.54) is 93.8 Å². The molecule has 0 bridgehead atoms. The smallest absolute Gasteiger partial charge is 0.0541 e. The van der Waals surface area contributed by atoms with Crippen molar-refractivity contribution >= 4 is 60.7 Å². The van der Waals surface area contributed by atoms with Crippen molar-refractivity contribution in [1.82, 2.24) is 9.13 Å². The van der Waals surface area contributed by atoms with Gasteiger partial charge < -0.3 is 14.0 Å². The Balaban J connectivity index is 0.919. The summed E-state index contributed by atoms with van der Waals surface area (Å²) < 4.78 is 4.79. The lowest BCUT2D eigenvalue weighted by Crippen LogP contribution is -2.16. The predicted molar refractivity (Wildman–Crippen MR) is 278 cm³/mol. The fourth-order valence-corrected chi connectivity index (χ4v) is 10.9. The molecule has 0 saturated carbocycles. The second-order valence-electron chi connectivity index (χ2n) is 18.2. The van der Waals surface area contributed by atoms with Crippen molar-refractivity contribution in [1.29, 1.82) is 0 Å². The van der Waals surface area contributed by atoms with Gasteiger partial charge in [-0.3, -0.25) is 0 Å². The first-order valence-electron chi connectivity index (χ1n) is 22.9. The fourth-order valence-electron chi connectivity index (χ4n) is 10.9. The van der Waals surface area contributed by atoms with E-state index in [0.29, 0.717) is 0 Å². The van der Waals surface area contributed by atoms with Gasteiger partial charge in [-0.05, 0) is 148 Å². The molecule has 0 aliphatic heterocycles. The van der Waals surface area contributed by atoms with Gasteiger partial charge in [-0.2, -0.15) is 0 Å². The zero-order valence-corrected chi connectivity index (χ0v) is 36.9. The molecule has 0 radical (unpaired) electrons. The number of para-hydroxylation sites is 4. The number of fused-ring (bicyclic) bond motifs is 9. The average molecular weight is 844 g/mol. The van der Waals surface area contributed by atoms with Crippen LogP contribution in [0.3, 0.4) is 0 Å². The Labute approximate surface area is 384 Å². The summed E-state index contributed by atoms with van der Waals surface area (Å²) in [6.45, 7) is 4.70. The third-order valence-corrected chi connectivity index (χ3v) is 14.1. The molecule has 1 aliphatic rings. The van der Waals surface area contributed by atoms with Crippen LogP contribution in [0.15, 0.2) is 237 Å². The third kappa shape index (κ3) is 5.90. The van der Waals surface area contributed by atoms with Crippen LogP contribution in [0, 0.1) is 0 Å². The van der Waals surface area contributed by atoms with Crippen molar-refractivity contribution in [2.24, 2.45) is 0 Å². The maximum absolute atomic E-state index is 2.41. The van der Waals surface area contributed by atoms with E-state index < -0.39 is 0 Å². The molecule has 1 aliphatic carbocycles. The summed E-state index contributed by atoms with van der Waals surface area (Å²) in [6, 6.07) is 86.8. The van der Waals surface area contributed by atoms with E-state index in [9.17, 15) is 0 Å². The lowest BCUT2D eigenvalue weighted by molar-refractivity contribution is 0.660. The molecule has 0 N–H and O–H groups in total. The van der Waals surface area contributed by atoms with Crippen molar-refractivity contribution in [3.8, 4) is 44.8 Å². The lowest BCUT2D eigenvalue weighted by Gasteiger charge is -2.28. The molecule has 3 heteroatoms. The summed E-state index contributed by atoms with van der Waals surface area (Å²) in [5.41, 5.74) is 20.6. The summed E-state index contributed by atoms with van der Waals surface area (Å²) >= 11 is 0. The number of hydrogen-bond donors (Lipinski definition) is 0. The normalized spacial score (nSPS) is 12.8. The van der Waals surface area contributed by atoms with Gasteiger partial charge in [-0.1, -0.05) is 147 Å². The monoisotopic (exact) mass is 843 g/mol. The molecule has 312 valence electrons. The Morgan fingerprint density at radius 3 is 1.33 bits per heavy atom. The molecule has 10 aromatic carbocycles. The van der Waals surface area contributed by atoms with Crippen LogP contribution in [-0.4, -0.2) is 9.13 Å². The van der Waals surface area contributed by atoms with Gasteiger partial charge in [0.1, 0.15) is 0 Å². The van der Waals surface area contributed by atoms with E-state index in [-0.39, 0.29) is 5.41 Å². The number of anilines is 3. The summed E-state index contributed by atoms with van der Waals surface area (Å²) in [5, 5.41) is 4.96. The number of aromatic nitrogens is 2. The van der Waals surface area contributed by atoms with Gasteiger partial charge in [0.05, 0.1) is 22.1 Å². The summed E-state index contributed by atoms with van der Waals surface area (Å²) in [6.07, 6.45) is 0. The maximum atomic E-state index is 2.41. The minimum absolute atomic E-state index is 0.0883. The second-order valence-corrected chi connectivity index (χ2v) is 18.2. The first-order valence-corrected chi connectivity index (χ1v) is 22.9. The predicted octanol–water partition coefficient (Wildman–Crippen LogP) is 17.0. The van der Waals surface area contributed by atoms with Crippen LogP contribution < -0.4 is 4.90 Å². The van der Waals surface area contributed by atoms with Gasteiger partial charge >= 0.3 is 0 Å². The molecule has 0 spiro atoms. The van der Waals surface area contributed by atoms with Crippen LogP contribution in [0.1, 0.15) is 25.0 Å². The zero-order chi connectivity index (χ0) is 43.9. The highest BCUT2D eigenvalue weighted by molar-refractivity contribution is 6.13. The van der Waals surface area contributed by atoms with E-state index >= 15 is 0 Å². The first kappa shape index (κ1) is 38.1. The van der Waals surface area contributed by atoms with Crippen LogP contribution in [-0.2, 0) is 5.41 Å². The molecule has 0 atom stereocenters. The summed E-state index contributed by atoms with van der Waals surface area (Å²) in [5.74, 6) is 0. The van der Waals surface area contributed by atoms with Crippen LogP contribution in [0.25, 0.3) is 88.4 Å². The molecule has 2 aromatic heterocycles. The topological polar surface area (TPSA) is 13.1 Å². The van der Waals surface area contributed by atoms with E-state index in [1.54, 1.807) is 0 Å². The summed E-state index contributed by atoms with van der Waals surface area (Å²) in [4.78, 5) is 2.39. The van der Waals surface area contributed by atoms with E-state index in [4.69, 9.17) is 0 Å². The van der Waals surface area contributed by atoms with Gasteiger partial charge in [-0.25, -0.2) is 0 Å². The zero-order valence-electron chi connectivity index (χ0n) is 36.9. The molecule has 2 heterocycles. The van der Waals surface area contributed by atoms with E-state index in [2.05, 4.69) is 264 Å². The molecule has 3 nitrogen and oxygen atoms in total. The van der Waals surface area contributed by atoms with Crippen molar-refractivity contribution in [3.05, 3.63) is 248 Å². The Hall–Kier alpha value is -8.40. The highest BCUT2D eigenvalue weighted by Gasteiger charge is 2.35. The number of nitrogens with zero attached hydrogens (tertiary/aromatic N) is 3. The molecule has 0 amide bonds. The Kier molecular flexibility index (Phi) is 8.56. The lowest BCUT2D eigenvalue weighted by atomic mass is 9.82. The van der Waals surface area contributed by atoms with Crippen molar-refractivity contribution in [3.63, 3.8) is 0 Å². The standard InChI is InChI=1S/C63H45N3/c1-63(2)57-24-14-12-22-51(57)52-34-33-50(41-58(52)63)64(46-16-6-3-7-17-46)49-31-26-42(27-32-49)43-28-35-61-55(38-43)56-40-45(30-37-62(56)66(61)48-20-10-5-11-21-48)44-29-36-60-54(39-44)53-23-13-15-25-59(53)65(60)47-18-8-4-9-19-47/h3-41H,1-2H3. The molecule has 66 heavy (non-hydrogen) atoms. The van der Waals surface area contributed by atoms with Gasteiger partial charge in [-0.15, -0.1) is 0 Å². The largest absolute Gasteiger partial charge is 0.310 e. The molecule has 0 saturated heterocycles. The highest BCUT2D eigenvalue weighted by atomic mass is 15.1. The van der Waals surface area contributed by atoms with Gasteiger partial charge in [0, 0.05) is 55.4 Å². The Morgan fingerprint density at radius 2 is 0.727 bits per heavy atom. The Bertz CT molecular complexity index is 3820. The molecule has 13 rings (SSSR count). The van der Waals surface area contributed by atoms with Crippen LogP contribution >= 0.6 is 0 Å². The SMILES string of the molecule is CC1(C)c2ccccc2-c2ccc(N(c3ccccc3)c3ccc(-c4ccc5c(c4)c4cc(-c6ccc7c(c6)c6ccccc6n7-c6ccccc6)ccc4n5-c4ccccc4)cc3)cc21. The van der Waals surface area contributed by atoms with Gasteiger partial charge in [0.15, 0.2) is 0 Å². The fraction of sp³-hybridized carbons (Fsp3) is 0.0476.